The van der Waals surface area contributed by atoms with Crippen LogP contribution in [0.25, 0.3) is 0 Å². The summed E-state index contributed by atoms with van der Waals surface area (Å²) in [7, 11) is 2.10. The number of fused-ring (bicyclic) bond motifs is 2. The fourth-order valence-electron chi connectivity index (χ4n) is 3.26. The van der Waals surface area contributed by atoms with Crippen LogP contribution in [0.4, 0.5) is 0 Å². The van der Waals surface area contributed by atoms with Crippen molar-refractivity contribution in [1.29, 1.82) is 0 Å². The van der Waals surface area contributed by atoms with Crippen molar-refractivity contribution in [1.82, 2.24) is 13.7 Å². The van der Waals surface area contributed by atoms with Crippen LogP contribution in [-0.4, -0.2) is 27.5 Å². The Kier molecular flexibility index (Phi) is 1.09. The van der Waals surface area contributed by atoms with Gasteiger partial charge in [-0.05, 0) is 25.3 Å². The van der Waals surface area contributed by atoms with Gasteiger partial charge in [0.15, 0.2) is 0 Å². The predicted octanol–water partition coefficient (Wildman–Crippen LogP) is 0.522. The number of nitrogens with zero attached hydrogens (tertiary/aromatic N) is 1. The first-order valence-electron chi connectivity index (χ1n) is 5.12. The van der Waals surface area contributed by atoms with E-state index in [-0.39, 0.29) is 0 Å². The lowest BCUT2D eigenvalue weighted by atomic mass is 10.2. The second-order valence-corrected chi connectivity index (χ2v) is 6.10. The highest BCUT2D eigenvalue weighted by atomic mass is 127. The zero-order valence-corrected chi connectivity index (χ0v) is 10.00. The third kappa shape index (κ3) is 0.626. The van der Waals surface area contributed by atoms with Crippen LogP contribution in [0.15, 0.2) is 0 Å². The van der Waals surface area contributed by atoms with Gasteiger partial charge in [-0.1, -0.05) is 6.92 Å². The van der Waals surface area contributed by atoms with E-state index in [1.54, 1.807) is 0 Å². The molecule has 3 saturated carbocycles. The molecule has 7 atom stereocenters. The molecule has 0 spiro atoms. The molecule has 1 aliphatic heterocycles. The van der Waals surface area contributed by atoms with E-state index in [9.17, 15) is 0 Å². The van der Waals surface area contributed by atoms with Crippen molar-refractivity contribution in [3.05, 3.63) is 0 Å². The quantitative estimate of drug-likeness (QED) is 0.344. The van der Waals surface area contributed by atoms with Crippen molar-refractivity contribution >= 4 is 22.9 Å². The Morgan fingerprint density at radius 2 is 2.15 bits per heavy atom. The van der Waals surface area contributed by atoms with Gasteiger partial charge >= 0.3 is 0 Å². The molecule has 0 aromatic heterocycles. The lowest BCUT2D eigenvalue weighted by molar-refractivity contribution is 0.260. The van der Waals surface area contributed by atoms with Crippen molar-refractivity contribution in [2.45, 2.75) is 30.7 Å². The highest BCUT2D eigenvalue weighted by Gasteiger charge is 2.89. The molecule has 1 saturated heterocycles. The number of halogens is 1. The van der Waals surface area contributed by atoms with E-state index in [1.165, 1.54) is 6.42 Å². The number of nitrogens with one attached hydrogen (secondary N) is 2. The first-order chi connectivity index (χ1) is 6.18. The normalized spacial score (nSPS) is 75.5. The van der Waals surface area contributed by atoms with E-state index < -0.39 is 0 Å². The fourth-order valence-corrected chi connectivity index (χ4v) is 4.89. The van der Waals surface area contributed by atoms with Crippen molar-refractivity contribution in [2.75, 3.05) is 7.05 Å². The van der Waals surface area contributed by atoms with Gasteiger partial charge in [0.05, 0.1) is 11.7 Å². The molecular formula is C9H14IN3. The van der Waals surface area contributed by atoms with Crippen molar-refractivity contribution in [3.63, 3.8) is 0 Å². The largest absolute Gasteiger partial charge is 0.302 e. The first-order valence-corrected chi connectivity index (χ1v) is 6.08. The minimum atomic E-state index is 0.350. The number of rotatable bonds is 3. The molecule has 3 nitrogen and oxygen atoms in total. The molecule has 4 heteroatoms. The minimum absolute atomic E-state index is 0.350. The van der Waals surface area contributed by atoms with Gasteiger partial charge in [0, 0.05) is 28.8 Å². The van der Waals surface area contributed by atoms with Gasteiger partial charge in [0.2, 0.25) is 0 Å². The molecule has 1 heterocycles. The van der Waals surface area contributed by atoms with Crippen molar-refractivity contribution < 1.29 is 0 Å². The van der Waals surface area contributed by atoms with Gasteiger partial charge in [-0.15, -0.1) is 0 Å². The van der Waals surface area contributed by atoms with Crippen LogP contribution in [-0.2, 0) is 0 Å². The molecule has 13 heavy (non-hydrogen) atoms. The second kappa shape index (κ2) is 1.81. The van der Waals surface area contributed by atoms with Crippen LogP contribution in [0.2, 0.25) is 0 Å². The Bertz CT molecular complexity index is 281. The standard InChI is InChI=1S/C9H14IN3/c1-4-7-9(4,13(7)10)12-8(11-2)5-3-6(5)8/h4-7,11-12H,3H2,1-2H3/t4?,5-,6?,7?,8?,9?,13?/m1/s1. The summed E-state index contributed by atoms with van der Waals surface area (Å²) in [5, 5.41) is 7.32. The van der Waals surface area contributed by atoms with Gasteiger partial charge in [0.1, 0.15) is 5.66 Å². The average Bonchev–Trinajstić information content (AvgIpc) is 2.96. The topological polar surface area (TPSA) is 27.1 Å². The lowest BCUT2D eigenvalue weighted by Gasteiger charge is -2.28. The molecule has 2 N–H and O–H groups in total. The Morgan fingerprint density at radius 1 is 1.46 bits per heavy atom. The maximum Gasteiger partial charge on any atom is 0.103 e. The van der Waals surface area contributed by atoms with E-state index in [0.717, 1.165) is 23.8 Å². The third-order valence-corrected chi connectivity index (χ3v) is 6.11. The van der Waals surface area contributed by atoms with Gasteiger partial charge in [-0.2, -0.15) is 0 Å². The van der Waals surface area contributed by atoms with E-state index in [0.29, 0.717) is 11.3 Å². The van der Waals surface area contributed by atoms with Crippen LogP contribution >= 0.6 is 22.9 Å². The SMILES string of the molecule is CNC1(NC23C(C)C2N3I)C2C[C@H]21. The molecule has 72 valence electrons. The first kappa shape index (κ1) is 7.84. The summed E-state index contributed by atoms with van der Waals surface area (Å²) < 4.78 is 2.44. The monoisotopic (exact) mass is 291 g/mol. The van der Waals surface area contributed by atoms with E-state index in [1.807, 2.05) is 0 Å². The second-order valence-electron chi connectivity index (χ2n) is 5.06. The molecule has 4 rings (SSSR count). The molecule has 0 amide bonds. The summed E-state index contributed by atoms with van der Waals surface area (Å²) in [6, 6.07) is 0.832. The summed E-state index contributed by atoms with van der Waals surface area (Å²) in [5.41, 5.74) is 0.750. The summed E-state index contributed by atoms with van der Waals surface area (Å²) in [6.45, 7) is 2.35. The van der Waals surface area contributed by atoms with Gasteiger partial charge in [-0.3, -0.25) is 5.32 Å². The summed E-state index contributed by atoms with van der Waals surface area (Å²) in [6.07, 6.45) is 1.45. The third-order valence-electron chi connectivity index (χ3n) is 4.71. The van der Waals surface area contributed by atoms with Crippen LogP contribution < -0.4 is 10.6 Å². The van der Waals surface area contributed by atoms with E-state index >= 15 is 0 Å². The predicted molar refractivity (Wildman–Crippen MR) is 58.1 cm³/mol. The molecule has 0 bridgehead atoms. The molecule has 3 aliphatic carbocycles. The maximum absolute atomic E-state index is 3.85. The zero-order valence-electron chi connectivity index (χ0n) is 7.84. The van der Waals surface area contributed by atoms with Crippen LogP contribution in [0, 0.1) is 17.8 Å². The molecule has 0 aromatic carbocycles. The van der Waals surface area contributed by atoms with Gasteiger partial charge < -0.3 is 5.32 Å². The lowest BCUT2D eigenvalue weighted by Crippen LogP contribution is -2.54. The molecule has 6 unspecified atom stereocenters. The van der Waals surface area contributed by atoms with Crippen molar-refractivity contribution in [3.8, 4) is 0 Å². The Hall–Kier alpha value is 0.610. The summed E-state index contributed by atoms with van der Waals surface area (Å²) in [5.74, 6) is 2.77. The zero-order chi connectivity index (χ0) is 9.01. The maximum atomic E-state index is 3.85. The van der Waals surface area contributed by atoms with Crippen molar-refractivity contribution in [2.24, 2.45) is 17.8 Å². The van der Waals surface area contributed by atoms with Gasteiger partial charge in [0.25, 0.3) is 0 Å². The number of hydrogen-bond donors (Lipinski definition) is 2. The van der Waals surface area contributed by atoms with Gasteiger partial charge in [-0.25, -0.2) is 3.11 Å². The molecule has 4 aliphatic rings. The molecular weight excluding hydrogens is 277 g/mol. The highest BCUT2D eigenvalue weighted by Crippen LogP contribution is 2.75. The Balaban J connectivity index is 1.54. The Labute approximate surface area is 92.1 Å². The van der Waals surface area contributed by atoms with E-state index in [2.05, 4.69) is 50.6 Å². The van der Waals surface area contributed by atoms with Crippen LogP contribution in [0.1, 0.15) is 13.3 Å². The Morgan fingerprint density at radius 3 is 2.38 bits per heavy atom. The average molecular weight is 291 g/mol. The van der Waals surface area contributed by atoms with Crippen LogP contribution in [0.5, 0.6) is 0 Å². The molecule has 0 radical (unpaired) electrons. The minimum Gasteiger partial charge on any atom is -0.302 e. The fraction of sp³-hybridized carbons (Fsp3) is 1.00. The molecule has 4 fully saturated rings. The van der Waals surface area contributed by atoms with Crippen LogP contribution in [0.3, 0.4) is 0 Å². The molecule has 0 aromatic rings. The van der Waals surface area contributed by atoms with E-state index in [4.69, 9.17) is 0 Å². The summed E-state index contributed by atoms with van der Waals surface area (Å²) >= 11 is 2.45. The summed E-state index contributed by atoms with van der Waals surface area (Å²) in [4.78, 5) is 0. The highest BCUT2D eigenvalue weighted by molar-refractivity contribution is 14.1. The smallest absolute Gasteiger partial charge is 0.103 e. The number of hydrogen-bond acceptors (Lipinski definition) is 3.